The lowest BCUT2D eigenvalue weighted by atomic mass is 9.98. The van der Waals surface area contributed by atoms with Crippen LogP contribution in [0.2, 0.25) is 0 Å². The number of carbonyl (C=O) groups is 4. The average Bonchev–Trinajstić information content (AvgIpc) is 1.95. The number of amides is 4. The zero-order valence-electron chi connectivity index (χ0n) is 48.2. The second-order valence-electron chi connectivity index (χ2n) is 20.1. The molecule has 5 N–H and O–H groups in total. The largest absolute Gasteiger partial charge is 0.478 e. The van der Waals surface area contributed by atoms with Gasteiger partial charge in [0.15, 0.2) is 10.6 Å². The summed E-state index contributed by atoms with van der Waals surface area (Å²) in [6, 6.07) is 27.1. The number of benzene rings is 3. The lowest BCUT2D eigenvalue weighted by Gasteiger charge is -2.43. The van der Waals surface area contributed by atoms with Crippen molar-refractivity contribution in [3.63, 3.8) is 0 Å². The van der Waals surface area contributed by atoms with Crippen molar-refractivity contribution in [3.05, 3.63) is 154 Å². The zero-order chi connectivity index (χ0) is 62.3. The van der Waals surface area contributed by atoms with Gasteiger partial charge in [-0.3, -0.25) is 24.5 Å². The number of pyridine rings is 3. The van der Waals surface area contributed by atoms with E-state index < -0.39 is 98.4 Å². The number of hydrogen-bond acceptors (Lipinski definition) is 17. The van der Waals surface area contributed by atoms with Gasteiger partial charge in [-0.25, -0.2) is 28.2 Å². The monoisotopic (exact) mass is 1220 g/mol. The molecule has 2 aliphatic rings. The SMILES string of the molecule is CCOc1ccc(C(=O)N2CCN(c3ccc(-c4cccnc4OCC)nc3CN(CCCNC(=O)[C@@H](CC(=O)NCCOCCN)NC(=O)OCC3c4ccccc4-c4ccccc43)S(=O)(=O)c3ccccc3[N+](=O)[O-])[C@H](CC)C2)c(C(F)(F)F)n1. The lowest BCUT2D eigenvalue weighted by Crippen LogP contribution is -2.55. The molecular weight excluding hydrogens is 1160 g/mol. The summed E-state index contributed by atoms with van der Waals surface area (Å²) in [4.78, 5) is 82.3. The minimum atomic E-state index is -4.99. The number of fused-ring (bicyclic) bond motifs is 3. The number of ether oxygens (including phenoxy) is 4. The molecular formula is C60H68F3N11O12S. The smallest absolute Gasteiger partial charge is 0.434 e. The molecule has 0 radical (unpaired) electrons. The topological polar surface area (TPSA) is 293 Å². The molecule has 1 saturated heterocycles. The van der Waals surface area contributed by atoms with Crippen molar-refractivity contribution >= 4 is 45.2 Å². The fraction of sp³-hybridized carbons (Fsp3) is 0.383. The van der Waals surface area contributed by atoms with Gasteiger partial charge < -0.3 is 50.4 Å². The summed E-state index contributed by atoms with van der Waals surface area (Å²) < 4.78 is 96.6. The van der Waals surface area contributed by atoms with Gasteiger partial charge in [0.2, 0.25) is 33.6 Å². The number of piperazine rings is 1. The van der Waals surface area contributed by atoms with Crippen LogP contribution in [0.15, 0.2) is 120 Å². The molecule has 0 unspecified atom stereocenters. The van der Waals surface area contributed by atoms with Crippen LogP contribution in [-0.4, -0.2) is 152 Å². The average molecular weight is 1220 g/mol. The van der Waals surface area contributed by atoms with Gasteiger partial charge in [0.05, 0.1) is 72.5 Å². The third-order valence-corrected chi connectivity index (χ3v) is 16.4. The van der Waals surface area contributed by atoms with E-state index in [2.05, 4.69) is 25.9 Å². The number of nitrogens with zero attached hydrogens (tertiary/aromatic N) is 7. The molecule has 2 atom stereocenters. The summed E-state index contributed by atoms with van der Waals surface area (Å²) in [5.74, 6) is -2.74. The van der Waals surface area contributed by atoms with E-state index in [0.717, 1.165) is 44.8 Å². The van der Waals surface area contributed by atoms with Gasteiger partial charge in [0.25, 0.3) is 11.6 Å². The summed E-state index contributed by atoms with van der Waals surface area (Å²) in [5, 5.41) is 20.4. The minimum absolute atomic E-state index is 0.0371. The summed E-state index contributed by atoms with van der Waals surface area (Å²) >= 11 is 0. The minimum Gasteiger partial charge on any atom is -0.478 e. The number of para-hydroxylation sites is 1. The van der Waals surface area contributed by atoms with Crippen LogP contribution in [0.25, 0.3) is 22.4 Å². The standard InChI is InChI=1S/C60H68F3N11O12S/c1-4-39-36-71(58(77)45-22-25-54(84-5-2)70-55(45)60(61,62)63)31-32-73(39)50-24-23-47(44-19-13-27-67-57(44)85-6-3)68-49(50)37-72(87(81,82)52-21-12-11-20-51(52)74(79)80)30-14-28-66-56(76)48(35-53(75)65-29-34-83-33-26-64)69-59(78)86-38-46-42-17-9-7-15-40(42)41-16-8-10-18-43(41)46/h7-13,15-25,27,39,46,48H,4-6,14,26,28-38,64H2,1-3H3,(H,65,75)(H,66,76)(H,69,78)/t39-,48-/m1/s1. The maximum atomic E-state index is 15.1. The number of alkyl halides is 3. The van der Waals surface area contributed by atoms with Crippen molar-refractivity contribution in [1.82, 2.24) is 40.1 Å². The highest BCUT2D eigenvalue weighted by Gasteiger charge is 2.41. The Morgan fingerprint density at radius 2 is 1.54 bits per heavy atom. The van der Waals surface area contributed by atoms with Gasteiger partial charge in [0.1, 0.15) is 12.6 Å². The number of rotatable bonds is 28. The van der Waals surface area contributed by atoms with Crippen LogP contribution in [0.3, 0.4) is 0 Å². The van der Waals surface area contributed by atoms with Crippen LogP contribution in [-0.2, 0) is 41.8 Å². The summed E-state index contributed by atoms with van der Waals surface area (Å²) in [6.07, 6.45) is -4.79. The highest BCUT2D eigenvalue weighted by molar-refractivity contribution is 7.89. The predicted molar refractivity (Wildman–Crippen MR) is 314 cm³/mol. The second kappa shape index (κ2) is 29.5. The lowest BCUT2D eigenvalue weighted by molar-refractivity contribution is -0.387. The highest BCUT2D eigenvalue weighted by Crippen LogP contribution is 2.45. The fourth-order valence-electron chi connectivity index (χ4n) is 10.5. The van der Waals surface area contributed by atoms with E-state index in [-0.39, 0.29) is 102 Å². The molecule has 23 nitrogen and oxygen atoms in total. The van der Waals surface area contributed by atoms with Crippen LogP contribution in [0.1, 0.15) is 78.8 Å². The maximum Gasteiger partial charge on any atom is 0.434 e. The molecule has 6 aromatic rings. The normalized spacial score (nSPS) is 14.4. The van der Waals surface area contributed by atoms with Crippen LogP contribution < -0.4 is 36.1 Å². The van der Waals surface area contributed by atoms with Crippen molar-refractivity contribution in [2.75, 3.05) is 83.7 Å². The summed E-state index contributed by atoms with van der Waals surface area (Å²) in [5.41, 5.74) is 7.85. The number of alkyl carbamates (subject to hydrolysis) is 1. The van der Waals surface area contributed by atoms with Crippen molar-refractivity contribution < 1.29 is 64.6 Å². The Balaban J connectivity index is 1.07. The number of aromatic nitrogens is 3. The third-order valence-electron chi connectivity index (χ3n) is 14.6. The maximum absolute atomic E-state index is 15.1. The van der Waals surface area contributed by atoms with Gasteiger partial charge in [-0.1, -0.05) is 67.6 Å². The molecule has 3 aromatic carbocycles. The van der Waals surface area contributed by atoms with Gasteiger partial charge in [0, 0.05) is 76.1 Å². The molecule has 1 fully saturated rings. The Morgan fingerprint density at radius 1 is 0.839 bits per heavy atom. The molecule has 0 bridgehead atoms. The Kier molecular flexibility index (Phi) is 21.8. The number of nitro groups is 1. The first-order valence-corrected chi connectivity index (χ1v) is 29.8. The quantitative estimate of drug-likeness (QED) is 0.0216. The Bertz CT molecular complexity index is 3500. The van der Waals surface area contributed by atoms with Gasteiger partial charge in [-0.05, 0) is 85.3 Å². The number of anilines is 1. The number of nitrogens with two attached hydrogens (primary N) is 1. The van der Waals surface area contributed by atoms with Crippen LogP contribution in [0.5, 0.6) is 11.8 Å². The van der Waals surface area contributed by atoms with Crippen molar-refractivity contribution in [1.29, 1.82) is 0 Å². The second-order valence-corrected chi connectivity index (χ2v) is 22.0. The third kappa shape index (κ3) is 15.6. The molecule has 462 valence electrons. The predicted octanol–water partition coefficient (Wildman–Crippen LogP) is 7.09. The molecule has 0 spiro atoms. The fourth-order valence-corrected chi connectivity index (χ4v) is 12.1. The molecule has 4 heterocycles. The van der Waals surface area contributed by atoms with E-state index in [1.807, 2.05) is 60.4 Å². The van der Waals surface area contributed by atoms with Gasteiger partial charge >= 0.3 is 12.3 Å². The van der Waals surface area contributed by atoms with E-state index in [1.165, 1.54) is 29.3 Å². The van der Waals surface area contributed by atoms with E-state index in [4.69, 9.17) is 29.7 Å². The first kappa shape index (κ1) is 64.2. The summed E-state index contributed by atoms with van der Waals surface area (Å²) in [6.45, 7) is 4.75. The number of halogens is 3. The van der Waals surface area contributed by atoms with Crippen molar-refractivity contribution in [3.8, 4) is 34.1 Å². The van der Waals surface area contributed by atoms with E-state index in [0.29, 0.717) is 23.4 Å². The zero-order valence-corrected chi connectivity index (χ0v) is 49.0. The van der Waals surface area contributed by atoms with Crippen molar-refractivity contribution in [2.24, 2.45) is 5.73 Å². The molecule has 0 saturated carbocycles. The first-order chi connectivity index (χ1) is 41.9. The van der Waals surface area contributed by atoms with Crippen LogP contribution in [0, 0.1) is 10.1 Å². The molecule has 87 heavy (non-hydrogen) atoms. The van der Waals surface area contributed by atoms with Crippen LogP contribution >= 0.6 is 0 Å². The Hall–Kier alpha value is -8.79. The first-order valence-electron chi connectivity index (χ1n) is 28.4. The Labute approximate surface area is 500 Å². The molecule has 27 heteroatoms. The van der Waals surface area contributed by atoms with E-state index in [1.54, 1.807) is 38.1 Å². The number of nitro benzene ring substituents is 1. The molecule has 3 aromatic heterocycles. The van der Waals surface area contributed by atoms with Crippen LogP contribution in [0.4, 0.5) is 29.3 Å². The number of hydrogen-bond donors (Lipinski definition) is 4. The molecule has 1 aliphatic heterocycles. The number of carbonyl (C=O) groups excluding carboxylic acids is 4. The van der Waals surface area contributed by atoms with E-state index in [9.17, 15) is 42.5 Å². The molecule has 4 amide bonds. The van der Waals surface area contributed by atoms with E-state index >= 15 is 8.42 Å². The number of nitrogens with one attached hydrogen (secondary N) is 3. The number of sulfonamides is 1. The summed E-state index contributed by atoms with van der Waals surface area (Å²) in [7, 11) is -4.84. The van der Waals surface area contributed by atoms with Crippen molar-refractivity contribution in [2.45, 2.75) is 75.7 Å². The van der Waals surface area contributed by atoms with Gasteiger partial charge in [-0.15, -0.1) is 0 Å². The molecule has 1 aliphatic carbocycles. The highest BCUT2D eigenvalue weighted by atomic mass is 32.2. The Morgan fingerprint density at radius 3 is 2.23 bits per heavy atom. The van der Waals surface area contributed by atoms with Gasteiger partial charge in [-0.2, -0.15) is 17.5 Å². The molecule has 8 rings (SSSR count).